The monoisotopic (exact) mass is 444 g/mol. The lowest BCUT2D eigenvalue weighted by atomic mass is 10.1. The van der Waals surface area contributed by atoms with Crippen LogP contribution in [0.1, 0.15) is 52.4 Å². The van der Waals surface area contributed by atoms with E-state index in [0.717, 1.165) is 63.5 Å². The van der Waals surface area contributed by atoms with Gasteiger partial charge in [-0.05, 0) is 52.4 Å². The zero-order valence-corrected chi connectivity index (χ0v) is 19.7. The number of rotatable bonds is 6. The minimum Gasteiger partial charge on any atom is -0.374 e. The normalized spacial score (nSPS) is 19.2. The molecule has 2 aliphatic heterocycles. The lowest BCUT2D eigenvalue weighted by Gasteiger charge is -2.32. The molecule has 0 bridgehead atoms. The van der Waals surface area contributed by atoms with Gasteiger partial charge < -0.3 is 29.8 Å². The summed E-state index contributed by atoms with van der Waals surface area (Å²) in [6.07, 6.45) is 5.42. The maximum Gasteiger partial charge on any atom is 0.229 e. The number of anilines is 4. The Balaban J connectivity index is 1.96. The van der Waals surface area contributed by atoms with Crippen molar-refractivity contribution in [2.45, 2.75) is 64.8 Å². The second kappa shape index (κ2) is 9.58. The Kier molecular flexibility index (Phi) is 6.80. The van der Waals surface area contributed by atoms with E-state index in [9.17, 15) is 10.2 Å². The minimum absolute atomic E-state index is 0.464. The van der Waals surface area contributed by atoms with Crippen LogP contribution in [-0.2, 0) is 0 Å². The van der Waals surface area contributed by atoms with Crippen molar-refractivity contribution in [2.24, 2.45) is 0 Å². The molecule has 32 heavy (non-hydrogen) atoms. The van der Waals surface area contributed by atoms with Crippen molar-refractivity contribution in [3.05, 3.63) is 0 Å². The molecule has 2 aromatic heterocycles. The molecule has 0 radical (unpaired) electrons. The Morgan fingerprint density at radius 3 is 1.28 bits per heavy atom. The van der Waals surface area contributed by atoms with Gasteiger partial charge in [-0.25, -0.2) is 9.97 Å². The first-order chi connectivity index (χ1) is 15.4. The molecule has 2 N–H and O–H groups in total. The molecule has 10 heteroatoms. The van der Waals surface area contributed by atoms with Crippen LogP contribution in [0.2, 0.25) is 0 Å². The fourth-order valence-corrected chi connectivity index (χ4v) is 4.27. The van der Waals surface area contributed by atoms with Crippen molar-refractivity contribution >= 4 is 34.6 Å². The third kappa shape index (κ3) is 4.52. The second-order valence-electron chi connectivity index (χ2n) is 8.97. The summed E-state index contributed by atoms with van der Waals surface area (Å²) in [5.74, 6) is 2.48. The van der Waals surface area contributed by atoms with E-state index >= 15 is 0 Å². The molecule has 2 aliphatic rings. The highest BCUT2D eigenvalue weighted by atomic mass is 16.3. The quantitative estimate of drug-likeness (QED) is 0.642. The summed E-state index contributed by atoms with van der Waals surface area (Å²) < 4.78 is 0. The van der Waals surface area contributed by atoms with Crippen molar-refractivity contribution in [1.82, 2.24) is 19.9 Å². The number of aliphatic hydroxyl groups is 2. The van der Waals surface area contributed by atoms with Crippen LogP contribution in [-0.4, -0.2) is 82.9 Å². The summed E-state index contributed by atoms with van der Waals surface area (Å²) in [7, 11) is 3.59. The largest absolute Gasteiger partial charge is 0.374 e. The van der Waals surface area contributed by atoms with Crippen molar-refractivity contribution in [2.75, 3.05) is 59.9 Å². The summed E-state index contributed by atoms with van der Waals surface area (Å²) in [4.78, 5) is 27.3. The molecule has 2 unspecified atom stereocenters. The predicted octanol–water partition coefficient (Wildman–Crippen LogP) is 1.95. The standard InChI is InChI=1S/C22H36N8O2/c1-15(31)27(3)21-23-17-18(19(25-21)29-11-7-5-8-12-29)24-22(28(4)16(2)32)26-20(17)30-13-9-6-10-14-30/h15-16,31-32H,5-14H2,1-4H3. The third-order valence-corrected chi connectivity index (χ3v) is 6.55. The van der Waals surface area contributed by atoms with Gasteiger partial charge in [0.15, 0.2) is 11.6 Å². The van der Waals surface area contributed by atoms with Crippen molar-refractivity contribution in [3.63, 3.8) is 0 Å². The number of aliphatic hydroxyl groups excluding tert-OH is 2. The van der Waals surface area contributed by atoms with Gasteiger partial charge in [0.1, 0.15) is 23.5 Å². The summed E-state index contributed by atoms with van der Waals surface area (Å²) in [5.41, 5.74) is 1.40. The Morgan fingerprint density at radius 1 is 0.625 bits per heavy atom. The lowest BCUT2D eigenvalue weighted by Crippen LogP contribution is -2.35. The smallest absolute Gasteiger partial charge is 0.229 e. The number of hydrogen-bond acceptors (Lipinski definition) is 10. The van der Waals surface area contributed by atoms with E-state index in [2.05, 4.69) is 9.80 Å². The van der Waals surface area contributed by atoms with Crippen LogP contribution >= 0.6 is 0 Å². The van der Waals surface area contributed by atoms with E-state index in [-0.39, 0.29) is 0 Å². The number of nitrogens with zero attached hydrogens (tertiary/aromatic N) is 8. The molecule has 10 nitrogen and oxygen atoms in total. The van der Waals surface area contributed by atoms with Gasteiger partial charge in [0.25, 0.3) is 0 Å². The molecule has 0 amide bonds. The number of piperidine rings is 2. The SMILES string of the molecule is CC(O)N(C)c1nc(N2CCCCC2)c2nc(N(C)C(C)O)nc(N3CCCCC3)c2n1. The van der Waals surface area contributed by atoms with Crippen molar-refractivity contribution < 1.29 is 10.2 Å². The second-order valence-corrected chi connectivity index (χ2v) is 8.97. The summed E-state index contributed by atoms with van der Waals surface area (Å²) in [5, 5.41) is 20.4. The highest BCUT2D eigenvalue weighted by Crippen LogP contribution is 2.34. The van der Waals surface area contributed by atoms with Gasteiger partial charge in [-0.15, -0.1) is 0 Å². The van der Waals surface area contributed by atoms with E-state index < -0.39 is 12.5 Å². The van der Waals surface area contributed by atoms with Gasteiger partial charge in [-0.3, -0.25) is 0 Å². The highest BCUT2D eigenvalue weighted by molar-refractivity contribution is 5.95. The van der Waals surface area contributed by atoms with Gasteiger partial charge in [0, 0.05) is 40.3 Å². The van der Waals surface area contributed by atoms with Crippen LogP contribution in [0.4, 0.5) is 23.5 Å². The summed E-state index contributed by atoms with van der Waals surface area (Å²) >= 11 is 0. The zero-order valence-electron chi connectivity index (χ0n) is 19.7. The molecule has 2 saturated heterocycles. The highest BCUT2D eigenvalue weighted by Gasteiger charge is 2.27. The minimum atomic E-state index is -0.721. The third-order valence-electron chi connectivity index (χ3n) is 6.55. The molecule has 4 rings (SSSR count). The summed E-state index contributed by atoms with van der Waals surface area (Å²) in [6, 6.07) is 0. The van der Waals surface area contributed by atoms with E-state index in [1.54, 1.807) is 37.7 Å². The van der Waals surface area contributed by atoms with E-state index in [4.69, 9.17) is 19.9 Å². The van der Waals surface area contributed by atoms with E-state index in [0.29, 0.717) is 22.9 Å². The number of fused-ring (bicyclic) bond motifs is 1. The average Bonchev–Trinajstić information content (AvgIpc) is 2.82. The van der Waals surface area contributed by atoms with Crippen LogP contribution in [0.3, 0.4) is 0 Å². The maximum atomic E-state index is 10.2. The fourth-order valence-electron chi connectivity index (χ4n) is 4.27. The van der Waals surface area contributed by atoms with Gasteiger partial charge >= 0.3 is 0 Å². The van der Waals surface area contributed by atoms with Crippen LogP contribution in [0.25, 0.3) is 11.0 Å². The van der Waals surface area contributed by atoms with E-state index in [1.807, 2.05) is 0 Å². The van der Waals surface area contributed by atoms with E-state index in [1.165, 1.54) is 12.8 Å². The molecule has 0 aromatic carbocycles. The first-order valence-corrected chi connectivity index (χ1v) is 11.8. The first kappa shape index (κ1) is 22.7. The molecule has 2 aromatic rings. The van der Waals surface area contributed by atoms with Crippen molar-refractivity contribution in [3.8, 4) is 0 Å². The Bertz CT molecular complexity index is 851. The topological polar surface area (TPSA) is 105 Å². The Hall–Kier alpha value is -2.46. The molecule has 0 aliphatic carbocycles. The fraction of sp³-hybridized carbons (Fsp3) is 0.727. The molecule has 0 spiro atoms. The summed E-state index contributed by atoms with van der Waals surface area (Å²) in [6.45, 7) is 7.06. The molecular weight excluding hydrogens is 408 g/mol. The molecular formula is C22H36N8O2. The predicted molar refractivity (Wildman–Crippen MR) is 127 cm³/mol. The number of aromatic nitrogens is 4. The average molecular weight is 445 g/mol. The van der Waals surface area contributed by atoms with Crippen LogP contribution in [0.5, 0.6) is 0 Å². The Morgan fingerprint density at radius 2 is 0.969 bits per heavy atom. The van der Waals surface area contributed by atoms with Crippen molar-refractivity contribution in [1.29, 1.82) is 0 Å². The lowest BCUT2D eigenvalue weighted by molar-refractivity contribution is 0.193. The van der Waals surface area contributed by atoms with Crippen LogP contribution < -0.4 is 19.6 Å². The maximum absolute atomic E-state index is 10.2. The van der Waals surface area contributed by atoms with Gasteiger partial charge in [-0.2, -0.15) is 9.97 Å². The molecule has 176 valence electrons. The van der Waals surface area contributed by atoms with Gasteiger partial charge in [0.2, 0.25) is 11.9 Å². The number of hydrogen-bond donors (Lipinski definition) is 2. The Labute approximate surface area is 189 Å². The molecule has 4 heterocycles. The first-order valence-electron chi connectivity index (χ1n) is 11.8. The molecule has 0 saturated carbocycles. The van der Waals surface area contributed by atoms with Gasteiger partial charge in [0.05, 0.1) is 0 Å². The van der Waals surface area contributed by atoms with Crippen LogP contribution in [0, 0.1) is 0 Å². The zero-order chi connectivity index (χ0) is 22.8. The van der Waals surface area contributed by atoms with Crippen LogP contribution in [0.15, 0.2) is 0 Å². The van der Waals surface area contributed by atoms with Gasteiger partial charge in [-0.1, -0.05) is 0 Å². The molecule has 2 atom stereocenters. The molecule has 2 fully saturated rings.